The molecule has 112 valence electrons. The molecule has 0 heterocycles. The summed E-state index contributed by atoms with van der Waals surface area (Å²) in [6.45, 7) is 0. The van der Waals surface area contributed by atoms with E-state index in [-0.39, 0.29) is 6.42 Å². The van der Waals surface area contributed by atoms with Crippen molar-refractivity contribution in [3.63, 3.8) is 0 Å². The molecule has 0 aliphatic heterocycles. The third kappa shape index (κ3) is 4.34. The van der Waals surface area contributed by atoms with Crippen LogP contribution in [0, 0.1) is 0 Å². The molecule has 20 heavy (non-hydrogen) atoms. The molecule has 7 heteroatoms. The van der Waals surface area contributed by atoms with E-state index in [4.69, 9.17) is 9.63 Å². The van der Waals surface area contributed by atoms with Crippen molar-refractivity contribution in [3.8, 4) is 5.75 Å². The fourth-order valence-corrected chi connectivity index (χ4v) is 3.07. The van der Waals surface area contributed by atoms with Gasteiger partial charge < -0.3 is 9.63 Å². The zero-order chi connectivity index (χ0) is 15.3. The Balaban J connectivity index is 2.78. The van der Waals surface area contributed by atoms with Crippen LogP contribution in [0.5, 0.6) is 5.75 Å². The Hall–Kier alpha value is -1.36. The van der Waals surface area contributed by atoms with Crippen LogP contribution in [0.2, 0.25) is 0 Å². The van der Waals surface area contributed by atoms with E-state index in [9.17, 15) is 9.36 Å². The molecule has 0 aliphatic carbocycles. The van der Waals surface area contributed by atoms with E-state index in [1.807, 2.05) is 0 Å². The van der Waals surface area contributed by atoms with Crippen molar-refractivity contribution in [1.82, 2.24) is 9.34 Å². The fraction of sp³-hybridized carbons (Fsp3) is 0.462. The van der Waals surface area contributed by atoms with Crippen molar-refractivity contribution in [3.05, 3.63) is 29.8 Å². The van der Waals surface area contributed by atoms with Gasteiger partial charge in [-0.3, -0.25) is 4.79 Å². The first-order valence-corrected chi connectivity index (χ1v) is 7.74. The van der Waals surface area contributed by atoms with Crippen molar-refractivity contribution in [2.75, 3.05) is 28.2 Å². The maximum atomic E-state index is 12.6. The first-order valence-electron chi connectivity index (χ1n) is 6.21. The molecule has 0 aliphatic rings. The number of hydrogen-bond acceptors (Lipinski definition) is 3. The lowest BCUT2D eigenvalue weighted by Gasteiger charge is -2.29. The van der Waals surface area contributed by atoms with Gasteiger partial charge in [0.25, 0.3) is 0 Å². The summed E-state index contributed by atoms with van der Waals surface area (Å²) in [4.78, 5) is 10.5. The molecule has 0 aromatic heterocycles. The number of hydrogen-bond donors (Lipinski definition) is 1. The van der Waals surface area contributed by atoms with Crippen LogP contribution in [0.4, 0.5) is 0 Å². The second-order valence-corrected chi connectivity index (χ2v) is 7.58. The summed E-state index contributed by atoms with van der Waals surface area (Å²) in [5.41, 5.74) is 0.907. The van der Waals surface area contributed by atoms with Gasteiger partial charge in [0.1, 0.15) is 5.75 Å². The lowest BCUT2D eigenvalue weighted by Crippen LogP contribution is -2.24. The summed E-state index contributed by atoms with van der Waals surface area (Å²) in [7, 11) is 3.73. The Morgan fingerprint density at radius 1 is 1.15 bits per heavy atom. The molecule has 6 nitrogen and oxygen atoms in total. The topological polar surface area (TPSA) is 70.1 Å². The minimum Gasteiger partial charge on any atom is -0.481 e. The van der Waals surface area contributed by atoms with Gasteiger partial charge in [0.2, 0.25) is 0 Å². The highest BCUT2D eigenvalue weighted by molar-refractivity contribution is 7.54. The normalized spacial score (nSPS) is 11.9. The minimum absolute atomic E-state index is 0.0914. The van der Waals surface area contributed by atoms with Crippen LogP contribution in [0.25, 0.3) is 0 Å². The molecular formula is C13H21N2O4P. The van der Waals surface area contributed by atoms with Crippen molar-refractivity contribution < 1.29 is 19.0 Å². The summed E-state index contributed by atoms with van der Waals surface area (Å²) in [6.07, 6.45) is 0.558. The Kier molecular flexibility index (Phi) is 5.74. The monoisotopic (exact) mass is 300 g/mol. The van der Waals surface area contributed by atoms with Crippen LogP contribution < -0.4 is 4.52 Å². The first kappa shape index (κ1) is 16.7. The van der Waals surface area contributed by atoms with E-state index in [0.717, 1.165) is 5.56 Å². The zero-order valence-corrected chi connectivity index (χ0v) is 13.1. The van der Waals surface area contributed by atoms with Gasteiger partial charge in [-0.2, -0.15) is 0 Å². The van der Waals surface area contributed by atoms with Gasteiger partial charge in [-0.05, 0) is 52.3 Å². The van der Waals surface area contributed by atoms with Crippen molar-refractivity contribution in [1.29, 1.82) is 0 Å². The van der Waals surface area contributed by atoms with Crippen molar-refractivity contribution in [2.45, 2.75) is 12.8 Å². The molecule has 0 spiro atoms. The Bertz CT molecular complexity index is 488. The number of rotatable bonds is 7. The maximum absolute atomic E-state index is 12.6. The summed E-state index contributed by atoms with van der Waals surface area (Å²) >= 11 is 0. The summed E-state index contributed by atoms with van der Waals surface area (Å²) in [5.74, 6) is -0.329. The summed E-state index contributed by atoms with van der Waals surface area (Å²) < 4.78 is 21.3. The van der Waals surface area contributed by atoms with Gasteiger partial charge >= 0.3 is 13.6 Å². The second kappa shape index (κ2) is 6.88. The molecule has 0 saturated heterocycles. The molecule has 1 aromatic carbocycles. The van der Waals surface area contributed by atoms with E-state index in [2.05, 4.69) is 0 Å². The molecule has 0 atom stereocenters. The van der Waals surface area contributed by atoms with Gasteiger partial charge in [0.05, 0.1) is 0 Å². The predicted octanol–water partition coefficient (Wildman–Crippen LogP) is 2.31. The average Bonchev–Trinajstić information content (AvgIpc) is 2.37. The van der Waals surface area contributed by atoms with Crippen LogP contribution in [-0.2, 0) is 15.8 Å². The van der Waals surface area contributed by atoms with Gasteiger partial charge in [0, 0.05) is 6.42 Å². The van der Waals surface area contributed by atoms with E-state index in [0.29, 0.717) is 12.2 Å². The standard InChI is InChI=1S/C13H21N2O4P/c1-14(2)20(18,15(3)4)19-12-8-5-11(6-9-12)7-10-13(16)17/h5-6,8-9H,7,10H2,1-4H3,(H,16,17). The highest BCUT2D eigenvalue weighted by Gasteiger charge is 2.30. The highest BCUT2D eigenvalue weighted by atomic mass is 31.2. The number of carbonyl (C=O) groups is 1. The first-order chi connectivity index (χ1) is 9.25. The zero-order valence-electron chi connectivity index (χ0n) is 12.2. The van der Waals surface area contributed by atoms with Gasteiger partial charge in [-0.15, -0.1) is 0 Å². The van der Waals surface area contributed by atoms with Crippen LogP contribution in [0.1, 0.15) is 12.0 Å². The van der Waals surface area contributed by atoms with Crippen molar-refractivity contribution >= 4 is 13.6 Å². The average molecular weight is 300 g/mol. The predicted molar refractivity (Wildman–Crippen MR) is 78.0 cm³/mol. The molecule has 0 saturated carbocycles. The van der Waals surface area contributed by atoms with Crippen LogP contribution >= 0.6 is 7.67 Å². The molecule has 0 radical (unpaired) electrons. The molecule has 1 rings (SSSR count). The second-order valence-electron chi connectivity index (χ2n) is 4.81. The molecular weight excluding hydrogens is 279 g/mol. The largest absolute Gasteiger partial charge is 0.481 e. The highest BCUT2D eigenvalue weighted by Crippen LogP contribution is 2.50. The van der Waals surface area contributed by atoms with Crippen LogP contribution in [0.15, 0.2) is 24.3 Å². The van der Waals surface area contributed by atoms with Gasteiger partial charge in [0.15, 0.2) is 0 Å². The minimum atomic E-state index is -3.06. The number of carboxylic acid groups (broad SMARTS) is 1. The number of carboxylic acids is 1. The third-order valence-electron chi connectivity index (χ3n) is 2.79. The summed E-state index contributed by atoms with van der Waals surface area (Å²) in [5, 5.41) is 8.63. The lowest BCUT2D eigenvalue weighted by atomic mass is 10.1. The fourth-order valence-electron chi connectivity index (χ4n) is 1.63. The maximum Gasteiger partial charge on any atom is 0.394 e. The summed E-state index contributed by atoms with van der Waals surface area (Å²) in [6, 6.07) is 6.98. The Labute approximate surface area is 119 Å². The molecule has 0 amide bonds. The Morgan fingerprint density at radius 2 is 1.65 bits per heavy atom. The van der Waals surface area contributed by atoms with E-state index >= 15 is 0 Å². The molecule has 0 bridgehead atoms. The SMILES string of the molecule is CN(C)P(=O)(Oc1ccc(CCC(=O)O)cc1)N(C)C. The third-order valence-corrected chi connectivity index (χ3v) is 5.26. The van der Waals surface area contributed by atoms with E-state index in [1.165, 1.54) is 0 Å². The van der Waals surface area contributed by atoms with Crippen LogP contribution in [-0.4, -0.2) is 48.6 Å². The molecule has 0 unspecified atom stereocenters. The van der Waals surface area contributed by atoms with Gasteiger partial charge in [-0.25, -0.2) is 13.9 Å². The number of aryl methyl sites for hydroxylation is 1. The van der Waals surface area contributed by atoms with E-state index in [1.54, 1.807) is 61.8 Å². The number of nitrogens with zero attached hydrogens (tertiary/aromatic N) is 2. The molecule has 1 aromatic rings. The number of benzene rings is 1. The quantitative estimate of drug-likeness (QED) is 0.779. The van der Waals surface area contributed by atoms with Crippen LogP contribution in [0.3, 0.4) is 0 Å². The number of aliphatic carboxylic acids is 1. The molecule has 1 N–H and O–H groups in total. The van der Waals surface area contributed by atoms with E-state index < -0.39 is 13.6 Å². The smallest absolute Gasteiger partial charge is 0.394 e. The van der Waals surface area contributed by atoms with Crippen molar-refractivity contribution in [2.24, 2.45) is 0 Å². The Morgan fingerprint density at radius 3 is 2.05 bits per heavy atom. The molecule has 0 fully saturated rings. The van der Waals surface area contributed by atoms with Gasteiger partial charge in [-0.1, -0.05) is 12.1 Å². The lowest BCUT2D eigenvalue weighted by molar-refractivity contribution is -0.136.